The van der Waals surface area contributed by atoms with E-state index in [0.717, 1.165) is 18.4 Å². The number of hydrogen-bond acceptors (Lipinski definition) is 4. The van der Waals surface area contributed by atoms with Gasteiger partial charge in [-0.25, -0.2) is 4.79 Å². The second-order valence-corrected chi connectivity index (χ2v) is 9.00. The normalized spacial score (nSPS) is 10.6. The highest BCUT2D eigenvalue weighted by Gasteiger charge is 2.17. The second-order valence-electron chi connectivity index (χ2n) is 9.00. The molecule has 0 aliphatic rings. The monoisotopic (exact) mass is 509 g/mol. The summed E-state index contributed by atoms with van der Waals surface area (Å²) < 4.78 is 11.3. The Labute approximate surface area is 223 Å². The summed E-state index contributed by atoms with van der Waals surface area (Å²) in [6.45, 7) is 2.63. The minimum Gasteiger partial charge on any atom is -0.482 e. The van der Waals surface area contributed by atoms with Crippen LogP contribution in [0.5, 0.6) is 17.2 Å². The SMILES string of the molecule is Cc1cc(Oc2cccc(C(=O)N(CCc3ccccc3)CCc3ccccc3)c2)ccc1OCC(=O)O. The standard InChI is InChI=1S/C32H31NO5/c1-24-21-29(15-16-30(24)37-23-31(34)35)38-28-14-8-13-27(22-28)32(36)33(19-17-25-9-4-2-5-10-25)20-18-26-11-6-3-7-12-26/h2-16,21-22H,17-20,23H2,1H3,(H,34,35). The molecule has 0 aromatic heterocycles. The fraction of sp³-hybridized carbons (Fsp3) is 0.188. The molecular weight excluding hydrogens is 478 g/mol. The maximum Gasteiger partial charge on any atom is 0.341 e. The first-order chi connectivity index (χ1) is 18.5. The van der Waals surface area contributed by atoms with Crippen LogP contribution in [0.25, 0.3) is 0 Å². The zero-order chi connectivity index (χ0) is 26.7. The van der Waals surface area contributed by atoms with Gasteiger partial charge in [0.25, 0.3) is 5.91 Å². The summed E-state index contributed by atoms with van der Waals surface area (Å²) >= 11 is 0. The molecule has 0 atom stereocenters. The van der Waals surface area contributed by atoms with Crippen molar-refractivity contribution in [3.63, 3.8) is 0 Å². The molecule has 0 saturated carbocycles. The molecule has 1 N–H and O–H groups in total. The van der Waals surface area contributed by atoms with E-state index in [4.69, 9.17) is 14.6 Å². The van der Waals surface area contributed by atoms with Crippen molar-refractivity contribution in [3.8, 4) is 17.2 Å². The van der Waals surface area contributed by atoms with E-state index in [1.165, 1.54) is 11.1 Å². The maximum absolute atomic E-state index is 13.6. The zero-order valence-corrected chi connectivity index (χ0v) is 21.4. The Kier molecular flexibility index (Phi) is 9.13. The average molecular weight is 510 g/mol. The topological polar surface area (TPSA) is 76.1 Å². The van der Waals surface area contributed by atoms with Gasteiger partial charge in [-0.05, 0) is 72.9 Å². The summed E-state index contributed by atoms with van der Waals surface area (Å²) in [5.74, 6) is 0.514. The van der Waals surface area contributed by atoms with Gasteiger partial charge in [0.05, 0.1) is 0 Å². The van der Waals surface area contributed by atoms with Crippen molar-refractivity contribution in [3.05, 3.63) is 125 Å². The minimum absolute atomic E-state index is 0.0455. The zero-order valence-electron chi connectivity index (χ0n) is 21.4. The quantitative estimate of drug-likeness (QED) is 0.247. The molecular formula is C32H31NO5. The largest absolute Gasteiger partial charge is 0.482 e. The summed E-state index contributed by atoms with van der Waals surface area (Å²) in [6.07, 6.45) is 1.54. The van der Waals surface area contributed by atoms with E-state index < -0.39 is 12.6 Å². The number of carbonyl (C=O) groups is 2. The van der Waals surface area contributed by atoms with Gasteiger partial charge in [-0.1, -0.05) is 66.7 Å². The number of ether oxygens (including phenoxy) is 2. The van der Waals surface area contributed by atoms with Crippen molar-refractivity contribution in [2.45, 2.75) is 19.8 Å². The second kappa shape index (κ2) is 13.1. The number of carboxylic acids is 1. The number of hydrogen-bond donors (Lipinski definition) is 1. The molecule has 0 aliphatic heterocycles. The Hall–Kier alpha value is -4.58. The Morgan fingerprint density at radius 1 is 0.737 bits per heavy atom. The number of benzene rings is 4. The van der Waals surface area contributed by atoms with Crippen LogP contribution in [-0.2, 0) is 17.6 Å². The maximum atomic E-state index is 13.6. The Balaban J connectivity index is 1.47. The molecule has 1 amide bonds. The van der Waals surface area contributed by atoms with E-state index in [2.05, 4.69) is 24.3 Å². The van der Waals surface area contributed by atoms with Gasteiger partial charge in [0.15, 0.2) is 6.61 Å². The molecule has 4 rings (SSSR count). The highest BCUT2D eigenvalue weighted by Crippen LogP contribution is 2.28. The van der Waals surface area contributed by atoms with Crippen LogP contribution in [0.4, 0.5) is 0 Å². The highest BCUT2D eigenvalue weighted by atomic mass is 16.5. The van der Waals surface area contributed by atoms with Crippen molar-refractivity contribution >= 4 is 11.9 Å². The summed E-state index contributed by atoms with van der Waals surface area (Å²) in [6, 6.07) is 32.7. The highest BCUT2D eigenvalue weighted by molar-refractivity contribution is 5.94. The molecule has 0 saturated heterocycles. The predicted octanol–water partition coefficient (Wildman–Crippen LogP) is 6.18. The van der Waals surface area contributed by atoms with Crippen LogP contribution >= 0.6 is 0 Å². The Bertz CT molecular complexity index is 1310. The van der Waals surface area contributed by atoms with Gasteiger partial charge in [-0.3, -0.25) is 4.79 Å². The molecule has 194 valence electrons. The predicted molar refractivity (Wildman–Crippen MR) is 147 cm³/mol. The molecule has 0 unspecified atom stereocenters. The molecule has 0 heterocycles. The lowest BCUT2D eigenvalue weighted by Crippen LogP contribution is -2.34. The molecule has 4 aromatic carbocycles. The van der Waals surface area contributed by atoms with E-state index in [1.807, 2.05) is 54.3 Å². The average Bonchev–Trinajstić information content (AvgIpc) is 2.93. The summed E-state index contributed by atoms with van der Waals surface area (Å²) in [5.41, 5.74) is 3.69. The molecule has 0 radical (unpaired) electrons. The molecule has 0 bridgehead atoms. The van der Waals surface area contributed by atoms with Crippen molar-refractivity contribution < 1.29 is 24.2 Å². The van der Waals surface area contributed by atoms with E-state index >= 15 is 0 Å². The fourth-order valence-electron chi connectivity index (χ4n) is 4.13. The first-order valence-electron chi connectivity index (χ1n) is 12.6. The molecule has 6 heteroatoms. The molecule has 0 fully saturated rings. The van der Waals surface area contributed by atoms with E-state index in [9.17, 15) is 9.59 Å². The Morgan fingerprint density at radius 2 is 1.34 bits per heavy atom. The van der Waals surface area contributed by atoms with Crippen LogP contribution in [0.2, 0.25) is 0 Å². The number of amides is 1. The third kappa shape index (κ3) is 7.71. The number of nitrogens with zero attached hydrogens (tertiary/aromatic N) is 1. The summed E-state index contributed by atoms with van der Waals surface area (Å²) in [7, 11) is 0. The van der Waals surface area contributed by atoms with Crippen molar-refractivity contribution in [1.82, 2.24) is 4.90 Å². The number of aliphatic carboxylic acids is 1. The number of carboxylic acid groups (broad SMARTS) is 1. The van der Waals surface area contributed by atoms with E-state index in [-0.39, 0.29) is 5.91 Å². The van der Waals surface area contributed by atoms with Gasteiger partial charge in [-0.15, -0.1) is 0 Å². The van der Waals surface area contributed by atoms with Crippen molar-refractivity contribution in [2.75, 3.05) is 19.7 Å². The lowest BCUT2D eigenvalue weighted by atomic mass is 10.1. The molecule has 0 aliphatic carbocycles. The molecule has 0 spiro atoms. The summed E-state index contributed by atoms with van der Waals surface area (Å²) in [5, 5.41) is 8.83. The third-order valence-electron chi connectivity index (χ3n) is 6.13. The van der Waals surface area contributed by atoms with Gasteiger partial charge in [0.1, 0.15) is 17.2 Å². The number of carbonyl (C=O) groups excluding carboxylic acids is 1. The van der Waals surface area contributed by atoms with Gasteiger partial charge >= 0.3 is 5.97 Å². The van der Waals surface area contributed by atoms with Crippen LogP contribution in [-0.4, -0.2) is 41.6 Å². The Morgan fingerprint density at radius 3 is 1.92 bits per heavy atom. The van der Waals surface area contributed by atoms with E-state index in [0.29, 0.717) is 35.9 Å². The van der Waals surface area contributed by atoms with Crippen LogP contribution in [0.1, 0.15) is 27.0 Å². The van der Waals surface area contributed by atoms with Crippen LogP contribution < -0.4 is 9.47 Å². The van der Waals surface area contributed by atoms with Crippen LogP contribution in [0.15, 0.2) is 103 Å². The van der Waals surface area contributed by atoms with Crippen LogP contribution in [0, 0.1) is 6.92 Å². The van der Waals surface area contributed by atoms with Gasteiger partial charge < -0.3 is 19.5 Å². The first kappa shape index (κ1) is 26.5. The van der Waals surface area contributed by atoms with Crippen molar-refractivity contribution in [2.24, 2.45) is 0 Å². The van der Waals surface area contributed by atoms with Crippen LogP contribution in [0.3, 0.4) is 0 Å². The molecule has 6 nitrogen and oxygen atoms in total. The minimum atomic E-state index is -1.03. The number of rotatable bonds is 12. The lowest BCUT2D eigenvalue weighted by Gasteiger charge is -2.23. The molecule has 38 heavy (non-hydrogen) atoms. The van der Waals surface area contributed by atoms with Gasteiger partial charge in [0.2, 0.25) is 0 Å². The lowest BCUT2D eigenvalue weighted by molar-refractivity contribution is -0.139. The first-order valence-corrected chi connectivity index (χ1v) is 12.6. The summed E-state index contributed by atoms with van der Waals surface area (Å²) in [4.78, 5) is 26.3. The third-order valence-corrected chi connectivity index (χ3v) is 6.13. The number of aryl methyl sites for hydroxylation is 1. The van der Waals surface area contributed by atoms with E-state index in [1.54, 1.807) is 36.4 Å². The molecule has 4 aromatic rings. The van der Waals surface area contributed by atoms with Crippen molar-refractivity contribution in [1.29, 1.82) is 0 Å². The smallest absolute Gasteiger partial charge is 0.341 e. The fourth-order valence-corrected chi connectivity index (χ4v) is 4.13. The van der Waals surface area contributed by atoms with Gasteiger partial charge in [0, 0.05) is 18.7 Å². The van der Waals surface area contributed by atoms with Gasteiger partial charge in [-0.2, -0.15) is 0 Å².